The van der Waals surface area contributed by atoms with Gasteiger partial charge in [0.1, 0.15) is 6.61 Å². The molecule has 0 aliphatic carbocycles. The van der Waals surface area contributed by atoms with E-state index in [1.54, 1.807) is 11.8 Å². The smallest absolute Gasteiger partial charge is 0.252 e. The second kappa shape index (κ2) is 7.98. The Balaban J connectivity index is 1.81. The molecular weight excluding hydrogens is 294 g/mol. The van der Waals surface area contributed by atoms with Crippen LogP contribution >= 0.6 is 23.3 Å². The lowest BCUT2D eigenvalue weighted by molar-refractivity contribution is -0.120. The number of anilines is 1. The Morgan fingerprint density at radius 3 is 2.95 bits per heavy atom. The molecule has 0 aliphatic heterocycles. The lowest BCUT2D eigenvalue weighted by atomic mass is 10.2. The maximum atomic E-state index is 11.4. The molecule has 2 rings (SSSR count). The second-order valence-electron chi connectivity index (χ2n) is 3.84. The minimum absolute atomic E-state index is 0.0300. The minimum atomic E-state index is -0.232. The quantitative estimate of drug-likeness (QED) is 0.797. The molecule has 0 unspecified atom stereocenters. The van der Waals surface area contributed by atoms with Crippen LogP contribution in [0.15, 0.2) is 34.7 Å². The molecular formula is C13H15N3O2S2. The highest BCUT2D eigenvalue weighted by molar-refractivity contribution is 8.00. The van der Waals surface area contributed by atoms with Gasteiger partial charge in [-0.3, -0.25) is 10.1 Å². The normalized spacial score (nSPS) is 10.4. The van der Waals surface area contributed by atoms with Crippen molar-refractivity contribution >= 4 is 35.1 Å². The van der Waals surface area contributed by atoms with E-state index in [4.69, 9.17) is 4.74 Å². The number of hydrogen-bond donors (Lipinski definition) is 1. The van der Waals surface area contributed by atoms with Crippen molar-refractivity contribution in [2.24, 2.45) is 0 Å². The maximum Gasteiger partial charge on any atom is 0.252 e. The summed E-state index contributed by atoms with van der Waals surface area (Å²) in [5.41, 5.74) is 1.23. The largest absolute Gasteiger partial charge is 0.372 e. The van der Waals surface area contributed by atoms with Gasteiger partial charge in [-0.25, -0.2) is 0 Å². The summed E-state index contributed by atoms with van der Waals surface area (Å²) >= 11 is 2.88. The fourth-order valence-corrected chi connectivity index (χ4v) is 2.91. The lowest BCUT2D eigenvalue weighted by Crippen LogP contribution is -2.18. The van der Waals surface area contributed by atoms with E-state index in [2.05, 4.69) is 26.8 Å². The van der Waals surface area contributed by atoms with E-state index in [0.717, 1.165) is 10.1 Å². The summed E-state index contributed by atoms with van der Waals surface area (Å²) in [6.07, 6.45) is 0. The van der Waals surface area contributed by atoms with E-state index >= 15 is 0 Å². The number of benzene rings is 1. The summed E-state index contributed by atoms with van der Waals surface area (Å²) in [4.78, 5) is 15.7. The molecule has 1 aromatic carbocycles. The molecule has 2 aromatic rings. The van der Waals surface area contributed by atoms with Crippen molar-refractivity contribution in [1.82, 2.24) is 9.36 Å². The maximum absolute atomic E-state index is 11.4. The van der Waals surface area contributed by atoms with Crippen molar-refractivity contribution < 1.29 is 9.53 Å². The van der Waals surface area contributed by atoms with Gasteiger partial charge in [-0.1, -0.05) is 42.1 Å². The molecule has 1 aromatic heterocycles. The highest BCUT2D eigenvalue weighted by atomic mass is 32.2. The van der Waals surface area contributed by atoms with Crippen molar-refractivity contribution in [3.63, 3.8) is 0 Å². The van der Waals surface area contributed by atoms with Gasteiger partial charge in [0.15, 0.2) is 4.34 Å². The summed E-state index contributed by atoms with van der Waals surface area (Å²) in [6, 6.07) is 10.1. The van der Waals surface area contributed by atoms with Gasteiger partial charge >= 0.3 is 0 Å². The number of ether oxygens (including phenoxy) is 1. The van der Waals surface area contributed by atoms with Gasteiger partial charge in [-0.05, 0) is 24.0 Å². The number of carbonyl (C=O) groups is 1. The number of amides is 1. The van der Waals surface area contributed by atoms with Gasteiger partial charge in [0.05, 0.1) is 0 Å². The summed E-state index contributed by atoms with van der Waals surface area (Å²) in [6.45, 7) is 2.38. The SMILES string of the molecule is CCOCC(=O)Nc1nsc(SCc2ccccc2)n1. The van der Waals surface area contributed by atoms with Crippen LogP contribution in [0.2, 0.25) is 0 Å². The highest BCUT2D eigenvalue weighted by Gasteiger charge is 2.08. The van der Waals surface area contributed by atoms with Crippen LogP contribution in [0.1, 0.15) is 12.5 Å². The molecule has 7 heteroatoms. The second-order valence-corrected chi connectivity index (χ2v) is 5.82. The van der Waals surface area contributed by atoms with Gasteiger partial charge in [0.25, 0.3) is 5.91 Å². The number of nitrogens with one attached hydrogen (secondary N) is 1. The summed E-state index contributed by atoms with van der Waals surface area (Å²) in [5.74, 6) is 0.946. The van der Waals surface area contributed by atoms with Gasteiger partial charge in [-0.2, -0.15) is 9.36 Å². The van der Waals surface area contributed by atoms with E-state index in [9.17, 15) is 4.79 Å². The third-order valence-corrected chi connectivity index (χ3v) is 4.21. The molecule has 1 amide bonds. The number of thioether (sulfide) groups is 1. The summed E-state index contributed by atoms with van der Waals surface area (Å²) < 4.78 is 9.94. The Bertz CT molecular complexity index is 546. The molecule has 0 bridgehead atoms. The molecule has 0 saturated carbocycles. The number of aromatic nitrogens is 2. The zero-order chi connectivity index (χ0) is 14.2. The minimum Gasteiger partial charge on any atom is -0.372 e. The van der Waals surface area contributed by atoms with Crippen LogP contribution in [0.5, 0.6) is 0 Å². The predicted molar refractivity (Wildman–Crippen MR) is 81.0 cm³/mol. The Morgan fingerprint density at radius 2 is 2.20 bits per heavy atom. The average Bonchev–Trinajstić information content (AvgIpc) is 2.91. The topological polar surface area (TPSA) is 64.1 Å². The zero-order valence-corrected chi connectivity index (χ0v) is 12.7. The molecule has 0 fully saturated rings. The van der Waals surface area contributed by atoms with Crippen molar-refractivity contribution in [3.8, 4) is 0 Å². The Morgan fingerprint density at radius 1 is 1.40 bits per heavy atom. The number of rotatable bonds is 7. The number of hydrogen-bond acceptors (Lipinski definition) is 6. The molecule has 0 spiro atoms. The Kier molecular flexibility index (Phi) is 5.97. The first kappa shape index (κ1) is 15.0. The van der Waals surface area contributed by atoms with Crippen molar-refractivity contribution in [2.45, 2.75) is 17.0 Å². The first-order valence-electron chi connectivity index (χ1n) is 6.16. The third kappa shape index (κ3) is 4.92. The Hall–Kier alpha value is -1.44. The van der Waals surface area contributed by atoms with Crippen molar-refractivity contribution in [1.29, 1.82) is 0 Å². The van der Waals surface area contributed by atoms with E-state index in [1.807, 2.05) is 25.1 Å². The van der Waals surface area contributed by atoms with Gasteiger partial charge in [0.2, 0.25) is 5.95 Å². The summed E-state index contributed by atoms with van der Waals surface area (Å²) in [5, 5.41) is 2.61. The fraction of sp³-hybridized carbons (Fsp3) is 0.308. The molecule has 0 saturated heterocycles. The predicted octanol–water partition coefficient (Wildman–Crippen LogP) is 2.81. The zero-order valence-electron chi connectivity index (χ0n) is 11.0. The summed E-state index contributed by atoms with van der Waals surface area (Å²) in [7, 11) is 0. The van der Waals surface area contributed by atoms with E-state index in [1.165, 1.54) is 17.1 Å². The van der Waals surface area contributed by atoms with Crippen LogP contribution in [0.4, 0.5) is 5.95 Å². The number of carbonyl (C=O) groups excluding carboxylic acids is 1. The first-order valence-corrected chi connectivity index (χ1v) is 7.92. The van der Waals surface area contributed by atoms with Crippen LogP contribution in [0.3, 0.4) is 0 Å². The van der Waals surface area contributed by atoms with Crippen molar-refractivity contribution in [2.75, 3.05) is 18.5 Å². The van der Waals surface area contributed by atoms with Gasteiger partial charge in [0, 0.05) is 12.4 Å². The van der Waals surface area contributed by atoms with Gasteiger partial charge in [-0.15, -0.1) is 0 Å². The molecule has 0 aliphatic rings. The van der Waals surface area contributed by atoms with Crippen LogP contribution in [0.25, 0.3) is 0 Å². The molecule has 0 atom stereocenters. The highest BCUT2D eigenvalue weighted by Crippen LogP contribution is 2.25. The number of nitrogens with zero attached hydrogens (tertiary/aromatic N) is 2. The molecule has 1 N–H and O–H groups in total. The van der Waals surface area contributed by atoms with Gasteiger partial charge < -0.3 is 4.74 Å². The van der Waals surface area contributed by atoms with Crippen LogP contribution in [0, 0.1) is 0 Å². The fourth-order valence-electron chi connectivity index (χ4n) is 1.39. The lowest BCUT2D eigenvalue weighted by Gasteiger charge is -2.00. The van der Waals surface area contributed by atoms with E-state index in [0.29, 0.717) is 12.6 Å². The van der Waals surface area contributed by atoms with Crippen LogP contribution in [-0.2, 0) is 15.3 Å². The molecule has 20 heavy (non-hydrogen) atoms. The van der Waals surface area contributed by atoms with Crippen LogP contribution in [-0.4, -0.2) is 28.5 Å². The van der Waals surface area contributed by atoms with E-state index in [-0.39, 0.29) is 12.5 Å². The van der Waals surface area contributed by atoms with E-state index < -0.39 is 0 Å². The van der Waals surface area contributed by atoms with Crippen molar-refractivity contribution in [3.05, 3.63) is 35.9 Å². The average molecular weight is 309 g/mol. The monoisotopic (exact) mass is 309 g/mol. The molecule has 5 nitrogen and oxygen atoms in total. The standard InChI is InChI=1S/C13H15N3O2S2/c1-2-18-8-11(17)14-12-15-13(20-16-12)19-9-10-6-4-3-5-7-10/h3-7H,2,8-9H2,1H3,(H,14,16,17). The Labute approximate surface area is 125 Å². The third-order valence-electron chi connectivity index (χ3n) is 2.30. The molecule has 0 radical (unpaired) electrons. The van der Waals surface area contributed by atoms with Crippen LogP contribution < -0.4 is 5.32 Å². The molecule has 1 heterocycles. The first-order chi connectivity index (χ1) is 9.78. The molecule has 106 valence electrons.